The lowest BCUT2D eigenvalue weighted by Crippen LogP contribution is -2.48. The third-order valence-corrected chi connectivity index (χ3v) is 8.26. The van der Waals surface area contributed by atoms with Gasteiger partial charge in [-0.2, -0.15) is 4.31 Å². The molecule has 1 fully saturated rings. The minimum Gasteiger partial charge on any atom is -0.456 e. The van der Waals surface area contributed by atoms with E-state index in [0.29, 0.717) is 29.5 Å². The number of nitrogens with one attached hydrogen (secondary N) is 1. The highest BCUT2D eigenvalue weighted by Crippen LogP contribution is 2.34. The Morgan fingerprint density at radius 2 is 1.81 bits per heavy atom. The molecular formula is C23H23ClN2O4S2. The number of amides is 1. The molecule has 0 spiro atoms. The second-order valence-corrected chi connectivity index (χ2v) is 10.8. The number of benzene rings is 2. The number of carbonyl (C=O) groups is 1. The summed E-state index contributed by atoms with van der Waals surface area (Å²) < 4.78 is 34.6. The van der Waals surface area contributed by atoms with Gasteiger partial charge in [0, 0.05) is 11.6 Å². The summed E-state index contributed by atoms with van der Waals surface area (Å²) in [5.74, 6) is 0.958. The number of thiophene rings is 1. The minimum atomic E-state index is -3.97. The van der Waals surface area contributed by atoms with E-state index in [2.05, 4.69) is 5.32 Å². The van der Waals surface area contributed by atoms with Crippen molar-refractivity contribution in [3.8, 4) is 11.5 Å². The van der Waals surface area contributed by atoms with Crippen LogP contribution < -0.4 is 10.1 Å². The van der Waals surface area contributed by atoms with Crippen LogP contribution in [0.3, 0.4) is 0 Å². The van der Waals surface area contributed by atoms with E-state index in [-0.39, 0.29) is 17.3 Å². The Labute approximate surface area is 196 Å². The molecule has 6 nitrogen and oxygen atoms in total. The number of rotatable bonds is 7. The molecule has 0 radical (unpaired) electrons. The van der Waals surface area contributed by atoms with E-state index in [0.717, 1.165) is 17.7 Å². The normalized spacial score (nSPS) is 17.1. The fraction of sp³-hybridized carbons (Fsp3) is 0.261. The third-order valence-electron chi connectivity index (χ3n) is 5.25. The number of halogens is 1. The van der Waals surface area contributed by atoms with Crippen molar-refractivity contribution in [1.29, 1.82) is 0 Å². The van der Waals surface area contributed by atoms with Crippen LogP contribution in [0.4, 0.5) is 0 Å². The first-order chi connectivity index (χ1) is 15.4. The van der Waals surface area contributed by atoms with Gasteiger partial charge in [0.05, 0.1) is 16.3 Å². The summed E-state index contributed by atoms with van der Waals surface area (Å²) in [7, 11) is -3.97. The topological polar surface area (TPSA) is 75.7 Å². The van der Waals surface area contributed by atoms with Crippen molar-refractivity contribution in [3.63, 3.8) is 0 Å². The lowest BCUT2D eigenvalue weighted by Gasteiger charge is -2.29. The third kappa shape index (κ3) is 5.15. The molecule has 1 aliphatic heterocycles. The van der Waals surface area contributed by atoms with Crippen LogP contribution in [0, 0.1) is 0 Å². The number of ether oxygens (including phenoxy) is 1. The van der Waals surface area contributed by atoms with Gasteiger partial charge in [-0.15, -0.1) is 11.3 Å². The lowest BCUT2D eigenvalue weighted by atomic mass is 10.1. The molecule has 3 aromatic rings. The van der Waals surface area contributed by atoms with Gasteiger partial charge in [-0.05, 0) is 67.1 Å². The molecule has 4 rings (SSSR count). The first-order valence-corrected chi connectivity index (χ1v) is 13.0. The Balaban J connectivity index is 1.70. The zero-order valence-electron chi connectivity index (χ0n) is 17.2. The number of nitrogens with zero attached hydrogens (tertiary/aromatic N) is 1. The lowest BCUT2D eigenvalue weighted by molar-refractivity contribution is -0.124. The average molecular weight is 491 g/mol. The van der Waals surface area contributed by atoms with E-state index >= 15 is 0 Å². The first kappa shape index (κ1) is 22.8. The molecule has 1 atom stereocenters. The number of sulfonamides is 1. The fourth-order valence-corrected chi connectivity index (χ4v) is 6.18. The summed E-state index contributed by atoms with van der Waals surface area (Å²) >= 11 is 7.36. The van der Waals surface area contributed by atoms with Gasteiger partial charge < -0.3 is 10.1 Å². The summed E-state index contributed by atoms with van der Waals surface area (Å²) in [6.07, 6.45) is 2.03. The SMILES string of the molecule is O=C1NCCCCC1N(Cc1sccc1Oc1ccccc1)S(=O)(=O)c1ccc(Cl)cc1. The van der Waals surface area contributed by atoms with Crippen LogP contribution in [0.1, 0.15) is 24.1 Å². The van der Waals surface area contributed by atoms with Gasteiger partial charge in [0.2, 0.25) is 15.9 Å². The molecule has 1 N–H and O–H groups in total. The smallest absolute Gasteiger partial charge is 0.244 e. The van der Waals surface area contributed by atoms with Gasteiger partial charge in [0.15, 0.2) is 0 Å². The standard InChI is InChI=1S/C23H23ClN2O4S2/c24-17-9-11-19(12-10-17)32(28,29)26(20-8-4-5-14-25-23(20)27)16-22-21(13-15-31-22)30-18-6-2-1-3-7-18/h1-3,6-7,9-13,15,20H,4-5,8,14,16H2,(H,25,27). The first-order valence-electron chi connectivity index (χ1n) is 10.3. The molecule has 2 aromatic carbocycles. The monoisotopic (exact) mass is 490 g/mol. The van der Waals surface area contributed by atoms with Crippen LogP contribution in [0.15, 0.2) is 70.9 Å². The van der Waals surface area contributed by atoms with Gasteiger partial charge in [-0.1, -0.05) is 29.8 Å². The molecular weight excluding hydrogens is 468 g/mol. The van der Waals surface area contributed by atoms with E-state index in [1.54, 1.807) is 0 Å². The Morgan fingerprint density at radius 3 is 2.56 bits per heavy atom. The molecule has 0 saturated carbocycles. The predicted molar refractivity (Wildman–Crippen MR) is 126 cm³/mol. The van der Waals surface area contributed by atoms with Gasteiger partial charge in [0.25, 0.3) is 0 Å². The highest BCUT2D eigenvalue weighted by Gasteiger charge is 2.37. The molecule has 1 aromatic heterocycles. The van der Waals surface area contributed by atoms with Crippen LogP contribution in [0.2, 0.25) is 5.02 Å². The summed E-state index contributed by atoms with van der Waals surface area (Å²) in [5, 5.41) is 5.15. The van der Waals surface area contributed by atoms with Crippen molar-refractivity contribution in [2.75, 3.05) is 6.54 Å². The Hall–Kier alpha value is -2.39. The largest absolute Gasteiger partial charge is 0.456 e. The van der Waals surface area contributed by atoms with Gasteiger partial charge in [-0.25, -0.2) is 8.42 Å². The number of carbonyl (C=O) groups excluding carboxylic acids is 1. The van der Waals surface area contributed by atoms with Crippen LogP contribution >= 0.6 is 22.9 Å². The van der Waals surface area contributed by atoms with Crippen molar-refractivity contribution >= 4 is 38.9 Å². The van der Waals surface area contributed by atoms with Crippen molar-refractivity contribution in [2.45, 2.75) is 36.7 Å². The Bertz CT molecular complexity index is 1160. The summed E-state index contributed by atoms with van der Waals surface area (Å²) in [6.45, 7) is 0.578. The zero-order chi connectivity index (χ0) is 22.6. The fourth-order valence-electron chi connectivity index (χ4n) is 3.59. The van der Waals surface area contributed by atoms with Crippen molar-refractivity contribution in [2.24, 2.45) is 0 Å². The van der Waals surface area contributed by atoms with Gasteiger partial charge >= 0.3 is 0 Å². The second kappa shape index (κ2) is 10.0. The van der Waals surface area contributed by atoms with Crippen LogP contribution in [0.5, 0.6) is 11.5 Å². The van der Waals surface area contributed by atoms with E-state index in [1.807, 2.05) is 41.8 Å². The van der Waals surface area contributed by atoms with Crippen molar-refractivity contribution in [3.05, 3.63) is 75.9 Å². The minimum absolute atomic E-state index is 0.0306. The molecule has 1 saturated heterocycles. The molecule has 1 unspecified atom stereocenters. The molecule has 0 aliphatic carbocycles. The average Bonchev–Trinajstić information content (AvgIpc) is 3.11. The molecule has 1 aliphatic rings. The Morgan fingerprint density at radius 1 is 1.06 bits per heavy atom. The van der Waals surface area contributed by atoms with Crippen LogP contribution in [0.25, 0.3) is 0 Å². The second-order valence-electron chi connectivity index (χ2n) is 7.43. The van der Waals surface area contributed by atoms with Crippen molar-refractivity contribution in [1.82, 2.24) is 9.62 Å². The number of hydrogen-bond acceptors (Lipinski definition) is 5. The molecule has 168 valence electrons. The van der Waals surface area contributed by atoms with Crippen LogP contribution in [-0.4, -0.2) is 31.2 Å². The maximum absolute atomic E-state index is 13.7. The van der Waals surface area contributed by atoms with Crippen molar-refractivity contribution < 1.29 is 17.9 Å². The molecule has 32 heavy (non-hydrogen) atoms. The van der Waals surface area contributed by atoms with E-state index in [1.165, 1.54) is 39.9 Å². The number of para-hydroxylation sites is 1. The summed E-state index contributed by atoms with van der Waals surface area (Å²) in [5.41, 5.74) is 0. The molecule has 9 heteroatoms. The van der Waals surface area contributed by atoms with E-state index in [4.69, 9.17) is 16.3 Å². The maximum atomic E-state index is 13.7. The number of hydrogen-bond donors (Lipinski definition) is 1. The Kier molecular flexibility index (Phi) is 7.15. The summed E-state index contributed by atoms with van der Waals surface area (Å²) in [4.78, 5) is 13.6. The van der Waals surface area contributed by atoms with Crippen LogP contribution in [-0.2, 0) is 21.4 Å². The highest BCUT2D eigenvalue weighted by molar-refractivity contribution is 7.89. The van der Waals surface area contributed by atoms with Gasteiger partial charge in [0.1, 0.15) is 17.5 Å². The quantitative estimate of drug-likeness (QED) is 0.502. The zero-order valence-corrected chi connectivity index (χ0v) is 19.6. The summed E-state index contributed by atoms with van der Waals surface area (Å²) in [6, 6.07) is 16.3. The molecule has 0 bridgehead atoms. The van der Waals surface area contributed by atoms with Gasteiger partial charge in [-0.3, -0.25) is 4.79 Å². The predicted octanol–water partition coefficient (Wildman–Crippen LogP) is 5.05. The molecule has 2 heterocycles. The maximum Gasteiger partial charge on any atom is 0.244 e. The highest BCUT2D eigenvalue weighted by atomic mass is 35.5. The van der Waals surface area contributed by atoms with E-state index < -0.39 is 16.1 Å². The molecule has 1 amide bonds. The van der Waals surface area contributed by atoms with E-state index in [9.17, 15) is 13.2 Å².